The molecule has 3 rings (SSSR count). The number of hydrogen-bond donors (Lipinski definition) is 1. The molecule has 0 aromatic heterocycles. The van der Waals surface area contributed by atoms with Gasteiger partial charge in [0.1, 0.15) is 5.60 Å². The van der Waals surface area contributed by atoms with E-state index in [0.717, 1.165) is 19.3 Å². The molecule has 0 radical (unpaired) electrons. The predicted octanol–water partition coefficient (Wildman–Crippen LogP) is 3.45. The van der Waals surface area contributed by atoms with Crippen LogP contribution in [0.3, 0.4) is 0 Å². The van der Waals surface area contributed by atoms with Crippen LogP contribution in [0.25, 0.3) is 0 Å². The number of halogens is 2. The Morgan fingerprint density at radius 2 is 2.18 bits per heavy atom. The van der Waals surface area contributed by atoms with Crippen molar-refractivity contribution in [3.8, 4) is 0 Å². The van der Waals surface area contributed by atoms with Crippen molar-refractivity contribution in [2.24, 2.45) is 0 Å². The summed E-state index contributed by atoms with van der Waals surface area (Å²) in [7, 11) is 0. The standard InChI is InChI=1S/C16H19Cl2NO3/c1-2-21-13-9-12(16(13)7-4-8-22-16)19-15(20)14-10(17)5-3-6-11(14)18/h3,5-6,12-13H,2,4,7-9H2,1H3,(H,19,20)/t12-,13-,16-/m1/s1. The molecule has 2 aliphatic rings. The highest BCUT2D eigenvalue weighted by molar-refractivity contribution is 6.39. The molecule has 0 unspecified atom stereocenters. The molecule has 1 aromatic carbocycles. The zero-order chi connectivity index (χ0) is 15.7. The first kappa shape index (κ1) is 16.1. The van der Waals surface area contributed by atoms with Gasteiger partial charge in [0.15, 0.2) is 0 Å². The first-order valence-electron chi connectivity index (χ1n) is 7.59. The molecule has 1 saturated carbocycles. The Morgan fingerprint density at radius 3 is 2.77 bits per heavy atom. The lowest BCUT2D eigenvalue weighted by Crippen LogP contribution is -2.69. The van der Waals surface area contributed by atoms with Crippen LogP contribution in [0.15, 0.2) is 18.2 Å². The smallest absolute Gasteiger partial charge is 0.254 e. The zero-order valence-electron chi connectivity index (χ0n) is 12.4. The fraction of sp³-hybridized carbons (Fsp3) is 0.562. The Kier molecular flexibility index (Phi) is 4.64. The van der Waals surface area contributed by atoms with Crippen molar-refractivity contribution < 1.29 is 14.3 Å². The van der Waals surface area contributed by atoms with Crippen LogP contribution >= 0.6 is 23.2 Å². The van der Waals surface area contributed by atoms with Gasteiger partial charge in [-0.25, -0.2) is 0 Å². The summed E-state index contributed by atoms with van der Waals surface area (Å²) in [4.78, 5) is 12.5. The summed E-state index contributed by atoms with van der Waals surface area (Å²) >= 11 is 12.2. The fourth-order valence-electron chi connectivity index (χ4n) is 3.43. The lowest BCUT2D eigenvalue weighted by atomic mass is 9.70. The van der Waals surface area contributed by atoms with Gasteiger partial charge >= 0.3 is 0 Å². The van der Waals surface area contributed by atoms with Crippen molar-refractivity contribution >= 4 is 29.1 Å². The zero-order valence-corrected chi connectivity index (χ0v) is 13.9. The van der Waals surface area contributed by atoms with Gasteiger partial charge in [-0.05, 0) is 38.3 Å². The maximum Gasteiger partial charge on any atom is 0.254 e. The summed E-state index contributed by atoms with van der Waals surface area (Å²) in [5.74, 6) is -0.259. The summed E-state index contributed by atoms with van der Waals surface area (Å²) in [5, 5.41) is 3.73. The minimum absolute atomic E-state index is 0.0482. The minimum atomic E-state index is -0.389. The molecule has 1 aliphatic heterocycles. The molecule has 1 heterocycles. The third kappa shape index (κ3) is 2.62. The quantitative estimate of drug-likeness (QED) is 0.910. The van der Waals surface area contributed by atoms with Gasteiger partial charge in [0, 0.05) is 13.2 Å². The average Bonchev–Trinajstić information content (AvgIpc) is 2.98. The molecule has 3 atom stereocenters. The molecule has 120 valence electrons. The lowest BCUT2D eigenvalue weighted by Gasteiger charge is -2.52. The molecule has 22 heavy (non-hydrogen) atoms. The number of amides is 1. The normalized spacial score (nSPS) is 30.3. The van der Waals surface area contributed by atoms with Crippen LogP contribution in [0, 0.1) is 0 Å². The summed E-state index contributed by atoms with van der Waals surface area (Å²) in [5.41, 5.74) is -0.0711. The number of ether oxygens (including phenoxy) is 2. The van der Waals surface area contributed by atoms with Crippen LogP contribution in [-0.2, 0) is 9.47 Å². The average molecular weight is 344 g/mol. The third-order valence-electron chi connectivity index (χ3n) is 4.53. The Labute approximate surface area is 140 Å². The molecule has 1 spiro atoms. The molecule has 1 aliphatic carbocycles. The van der Waals surface area contributed by atoms with E-state index in [1.165, 1.54) is 0 Å². The highest BCUT2D eigenvalue weighted by Crippen LogP contribution is 2.45. The van der Waals surface area contributed by atoms with E-state index in [0.29, 0.717) is 28.8 Å². The van der Waals surface area contributed by atoms with Crippen LogP contribution < -0.4 is 5.32 Å². The third-order valence-corrected chi connectivity index (χ3v) is 5.16. The van der Waals surface area contributed by atoms with Gasteiger partial charge in [-0.15, -0.1) is 0 Å². The molecule has 4 nitrogen and oxygen atoms in total. The summed E-state index contributed by atoms with van der Waals surface area (Å²) in [6.07, 6.45) is 2.69. The van der Waals surface area contributed by atoms with E-state index in [9.17, 15) is 4.79 Å². The molecule has 1 N–H and O–H groups in total. The molecular formula is C16H19Cl2NO3. The number of benzene rings is 1. The van der Waals surface area contributed by atoms with Gasteiger partial charge in [-0.1, -0.05) is 29.3 Å². The van der Waals surface area contributed by atoms with Gasteiger partial charge in [-0.3, -0.25) is 4.79 Å². The summed E-state index contributed by atoms with van der Waals surface area (Å²) < 4.78 is 11.7. The van der Waals surface area contributed by atoms with Crippen molar-refractivity contribution in [2.75, 3.05) is 13.2 Å². The van der Waals surface area contributed by atoms with Crippen molar-refractivity contribution in [3.05, 3.63) is 33.8 Å². The predicted molar refractivity (Wildman–Crippen MR) is 85.7 cm³/mol. The maximum absolute atomic E-state index is 12.5. The van der Waals surface area contributed by atoms with Crippen molar-refractivity contribution in [2.45, 2.75) is 43.9 Å². The molecule has 6 heteroatoms. The van der Waals surface area contributed by atoms with Gasteiger partial charge in [0.25, 0.3) is 5.91 Å². The lowest BCUT2D eigenvalue weighted by molar-refractivity contribution is -0.194. The van der Waals surface area contributed by atoms with Crippen LogP contribution in [0.2, 0.25) is 10.0 Å². The second-order valence-electron chi connectivity index (χ2n) is 5.71. The molecule has 1 amide bonds. The number of carbonyl (C=O) groups excluding carboxylic acids is 1. The van der Waals surface area contributed by atoms with Crippen LogP contribution in [-0.4, -0.2) is 36.9 Å². The Hall–Kier alpha value is -0.810. The van der Waals surface area contributed by atoms with E-state index in [1.54, 1.807) is 18.2 Å². The molecule has 0 bridgehead atoms. The van der Waals surface area contributed by atoms with Gasteiger partial charge < -0.3 is 14.8 Å². The van der Waals surface area contributed by atoms with Crippen LogP contribution in [0.4, 0.5) is 0 Å². The van der Waals surface area contributed by atoms with E-state index < -0.39 is 0 Å². The van der Waals surface area contributed by atoms with Crippen molar-refractivity contribution in [1.29, 1.82) is 0 Å². The van der Waals surface area contributed by atoms with E-state index in [2.05, 4.69) is 5.32 Å². The second kappa shape index (κ2) is 6.36. The van der Waals surface area contributed by atoms with E-state index >= 15 is 0 Å². The highest BCUT2D eigenvalue weighted by atomic mass is 35.5. The van der Waals surface area contributed by atoms with E-state index in [-0.39, 0.29) is 23.7 Å². The molecule has 1 saturated heterocycles. The largest absolute Gasteiger partial charge is 0.375 e. The van der Waals surface area contributed by atoms with E-state index in [1.807, 2.05) is 6.92 Å². The van der Waals surface area contributed by atoms with Gasteiger partial charge in [0.05, 0.1) is 27.8 Å². The maximum atomic E-state index is 12.5. The molecular weight excluding hydrogens is 325 g/mol. The van der Waals surface area contributed by atoms with Crippen molar-refractivity contribution in [1.82, 2.24) is 5.32 Å². The Balaban J connectivity index is 1.75. The van der Waals surface area contributed by atoms with Gasteiger partial charge in [-0.2, -0.15) is 0 Å². The Morgan fingerprint density at radius 1 is 1.45 bits per heavy atom. The molecule has 1 aromatic rings. The second-order valence-corrected chi connectivity index (χ2v) is 6.52. The number of nitrogens with one attached hydrogen (secondary N) is 1. The number of carbonyl (C=O) groups is 1. The fourth-order valence-corrected chi connectivity index (χ4v) is 3.99. The van der Waals surface area contributed by atoms with Crippen LogP contribution in [0.5, 0.6) is 0 Å². The monoisotopic (exact) mass is 343 g/mol. The highest BCUT2D eigenvalue weighted by Gasteiger charge is 2.59. The number of rotatable bonds is 4. The minimum Gasteiger partial charge on any atom is -0.375 e. The van der Waals surface area contributed by atoms with Crippen molar-refractivity contribution in [3.63, 3.8) is 0 Å². The summed E-state index contributed by atoms with van der Waals surface area (Å²) in [6, 6.07) is 4.98. The first-order chi connectivity index (χ1) is 10.6. The SMILES string of the molecule is CCO[C@@H]1C[C@@H](NC(=O)c2c(Cl)cccc2Cl)[C@]12CCCO2. The topological polar surface area (TPSA) is 47.6 Å². The molecule has 2 fully saturated rings. The van der Waals surface area contributed by atoms with Crippen LogP contribution in [0.1, 0.15) is 36.5 Å². The number of hydrogen-bond acceptors (Lipinski definition) is 3. The van der Waals surface area contributed by atoms with E-state index in [4.69, 9.17) is 32.7 Å². The van der Waals surface area contributed by atoms with Gasteiger partial charge in [0.2, 0.25) is 0 Å². The summed E-state index contributed by atoms with van der Waals surface area (Å²) in [6.45, 7) is 3.33. The Bertz CT molecular complexity index is 552. The first-order valence-corrected chi connectivity index (χ1v) is 8.34.